The minimum atomic E-state index is -1.04. The van der Waals surface area contributed by atoms with Gasteiger partial charge in [-0.1, -0.05) is 6.07 Å². The van der Waals surface area contributed by atoms with Crippen LogP contribution in [0.4, 0.5) is 5.82 Å². The Bertz CT molecular complexity index is 1050. The molecule has 0 unspecified atom stereocenters. The topological polar surface area (TPSA) is 88.3 Å². The smallest absolute Gasteiger partial charge is 0.355 e. The van der Waals surface area contributed by atoms with Crippen LogP contribution >= 0.6 is 11.3 Å². The SMILES string of the molecule is CN(C)c1nc(=O)n(-c2cccc(C(=O)O)c2)c2nc(C3CC3)sc12. The number of rotatable bonds is 4. The van der Waals surface area contributed by atoms with E-state index in [-0.39, 0.29) is 5.56 Å². The monoisotopic (exact) mass is 356 g/mol. The number of hydrogen-bond acceptors (Lipinski definition) is 6. The molecule has 0 aliphatic heterocycles. The summed E-state index contributed by atoms with van der Waals surface area (Å²) in [5.74, 6) is 0.0114. The first-order valence-electron chi connectivity index (χ1n) is 7.90. The number of nitrogens with zero attached hydrogens (tertiary/aromatic N) is 4. The maximum Gasteiger partial charge on any atom is 0.355 e. The average Bonchev–Trinajstić information content (AvgIpc) is 3.33. The lowest BCUT2D eigenvalue weighted by atomic mass is 10.2. The quantitative estimate of drug-likeness (QED) is 0.773. The lowest BCUT2D eigenvalue weighted by Gasteiger charge is -2.14. The van der Waals surface area contributed by atoms with Gasteiger partial charge in [-0.05, 0) is 31.0 Å². The first kappa shape index (κ1) is 15.8. The van der Waals surface area contributed by atoms with E-state index in [0.717, 1.165) is 22.5 Å². The number of anilines is 1. The predicted octanol–water partition coefficient (Wildman–Crippen LogP) is 2.48. The molecule has 128 valence electrons. The molecule has 8 heteroatoms. The summed E-state index contributed by atoms with van der Waals surface area (Å²) < 4.78 is 2.24. The minimum absolute atomic E-state index is 0.117. The van der Waals surface area contributed by atoms with Crippen LogP contribution in [0, 0.1) is 0 Å². The molecule has 4 rings (SSSR count). The molecule has 2 heterocycles. The maximum absolute atomic E-state index is 12.7. The fourth-order valence-corrected chi connectivity index (χ4v) is 4.02. The molecule has 7 nitrogen and oxygen atoms in total. The fraction of sp³-hybridized carbons (Fsp3) is 0.294. The van der Waals surface area contributed by atoms with Crippen LogP contribution < -0.4 is 10.6 Å². The zero-order valence-electron chi connectivity index (χ0n) is 13.8. The van der Waals surface area contributed by atoms with Crippen LogP contribution in [-0.4, -0.2) is 39.7 Å². The van der Waals surface area contributed by atoms with Crippen molar-refractivity contribution in [1.29, 1.82) is 0 Å². The zero-order chi connectivity index (χ0) is 17.7. The Morgan fingerprint density at radius 3 is 2.72 bits per heavy atom. The molecule has 3 aromatic rings. The van der Waals surface area contributed by atoms with E-state index >= 15 is 0 Å². The van der Waals surface area contributed by atoms with E-state index < -0.39 is 11.7 Å². The van der Waals surface area contributed by atoms with E-state index in [9.17, 15) is 14.7 Å². The summed E-state index contributed by atoms with van der Waals surface area (Å²) in [5, 5.41) is 10.2. The van der Waals surface area contributed by atoms with Crippen LogP contribution in [0.3, 0.4) is 0 Å². The third-order valence-electron chi connectivity index (χ3n) is 4.14. The number of carboxylic acid groups (broad SMARTS) is 1. The Kier molecular flexibility index (Phi) is 3.57. The largest absolute Gasteiger partial charge is 0.478 e. The normalized spacial score (nSPS) is 14.0. The van der Waals surface area contributed by atoms with E-state index in [0.29, 0.717) is 23.1 Å². The summed E-state index contributed by atoms with van der Waals surface area (Å²) in [6, 6.07) is 6.27. The number of aromatic nitrogens is 3. The number of carbonyl (C=O) groups is 1. The molecule has 0 bridgehead atoms. The number of carboxylic acids is 1. The van der Waals surface area contributed by atoms with Gasteiger partial charge in [-0.15, -0.1) is 11.3 Å². The molecule has 0 spiro atoms. The highest BCUT2D eigenvalue weighted by Crippen LogP contribution is 2.44. The van der Waals surface area contributed by atoms with Gasteiger partial charge >= 0.3 is 11.7 Å². The van der Waals surface area contributed by atoms with Gasteiger partial charge in [-0.25, -0.2) is 19.1 Å². The van der Waals surface area contributed by atoms with Crippen LogP contribution in [0.25, 0.3) is 16.0 Å². The molecule has 1 saturated carbocycles. The van der Waals surface area contributed by atoms with Crippen molar-refractivity contribution >= 4 is 33.5 Å². The Morgan fingerprint density at radius 2 is 2.08 bits per heavy atom. The van der Waals surface area contributed by atoms with Crippen molar-refractivity contribution in [1.82, 2.24) is 14.5 Å². The van der Waals surface area contributed by atoms with Gasteiger partial charge in [0.05, 0.1) is 16.3 Å². The Hall–Kier alpha value is -2.74. The summed E-state index contributed by atoms with van der Waals surface area (Å²) in [5.41, 5.74) is 0.650. The first-order chi connectivity index (χ1) is 12.0. The number of hydrogen-bond donors (Lipinski definition) is 1. The molecule has 0 saturated heterocycles. The van der Waals surface area contributed by atoms with Gasteiger partial charge in [0.1, 0.15) is 4.70 Å². The molecular formula is C17H16N4O3S. The van der Waals surface area contributed by atoms with Gasteiger partial charge < -0.3 is 10.0 Å². The van der Waals surface area contributed by atoms with Gasteiger partial charge in [-0.2, -0.15) is 4.98 Å². The molecule has 1 aromatic carbocycles. The number of thiazole rings is 1. The van der Waals surface area contributed by atoms with E-state index in [1.54, 1.807) is 28.4 Å². The highest BCUT2D eigenvalue weighted by atomic mass is 32.1. The average molecular weight is 356 g/mol. The number of aromatic carboxylic acids is 1. The van der Waals surface area contributed by atoms with E-state index in [1.165, 1.54) is 16.7 Å². The fourth-order valence-electron chi connectivity index (χ4n) is 2.73. The van der Waals surface area contributed by atoms with Gasteiger partial charge in [0, 0.05) is 20.0 Å². The predicted molar refractivity (Wildman–Crippen MR) is 96.3 cm³/mol. The minimum Gasteiger partial charge on any atom is -0.478 e. The second-order valence-corrected chi connectivity index (χ2v) is 7.31. The van der Waals surface area contributed by atoms with Crippen molar-refractivity contribution in [2.75, 3.05) is 19.0 Å². The van der Waals surface area contributed by atoms with Crippen LogP contribution in [0.2, 0.25) is 0 Å². The number of benzene rings is 1. The third-order valence-corrected chi connectivity index (χ3v) is 5.34. The van der Waals surface area contributed by atoms with Crippen LogP contribution in [0.15, 0.2) is 29.1 Å². The second kappa shape index (κ2) is 5.66. The molecule has 0 atom stereocenters. The molecule has 25 heavy (non-hydrogen) atoms. The van der Waals surface area contributed by atoms with Gasteiger partial charge in [0.15, 0.2) is 11.5 Å². The van der Waals surface area contributed by atoms with Crippen LogP contribution in [0.5, 0.6) is 0 Å². The molecule has 0 radical (unpaired) electrons. The van der Waals surface area contributed by atoms with Crippen LogP contribution in [-0.2, 0) is 0 Å². The molecule has 1 aliphatic rings. The summed E-state index contributed by atoms with van der Waals surface area (Å²) in [6.07, 6.45) is 2.23. The second-order valence-electron chi connectivity index (χ2n) is 6.28. The maximum atomic E-state index is 12.7. The zero-order valence-corrected chi connectivity index (χ0v) is 14.6. The highest BCUT2D eigenvalue weighted by molar-refractivity contribution is 7.19. The summed E-state index contributed by atoms with van der Waals surface area (Å²) in [4.78, 5) is 34.6. The van der Waals surface area contributed by atoms with E-state index in [1.807, 2.05) is 14.1 Å². The Labute approximate surface area is 147 Å². The van der Waals surface area contributed by atoms with Gasteiger partial charge in [-0.3, -0.25) is 0 Å². The van der Waals surface area contributed by atoms with Crippen molar-refractivity contribution in [3.63, 3.8) is 0 Å². The Balaban J connectivity index is 2.02. The van der Waals surface area contributed by atoms with Crippen molar-refractivity contribution < 1.29 is 9.90 Å². The van der Waals surface area contributed by atoms with E-state index in [4.69, 9.17) is 4.98 Å². The number of fused-ring (bicyclic) bond motifs is 1. The van der Waals surface area contributed by atoms with Gasteiger partial charge in [0.2, 0.25) is 0 Å². The molecule has 2 aromatic heterocycles. The molecule has 1 N–H and O–H groups in total. The lowest BCUT2D eigenvalue weighted by Crippen LogP contribution is -2.25. The summed E-state index contributed by atoms with van der Waals surface area (Å²) >= 11 is 1.56. The van der Waals surface area contributed by atoms with E-state index in [2.05, 4.69) is 4.98 Å². The molecule has 0 amide bonds. The van der Waals surface area contributed by atoms with Gasteiger partial charge in [0.25, 0.3) is 0 Å². The van der Waals surface area contributed by atoms with Crippen molar-refractivity contribution in [3.05, 3.63) is 45.3 Å². The molecule has 1 fully saturated rings. The van der Waals surface area contributed by atoms with Crippen molar-refractivity contribution in [2.24, 2.45) is 0 Å². The third kappa shape index (κ3) is 2.68. The molecule has 1 aliphatic carbocycles. The highest BCUT2D eigenvalue weighted by Gasteiger charge is 2.29. The standard InChI is InChI=1S/C17H16N4O3S/c1-20(2)13-12-14(18-15(25-12)9-6-7-9)21(17(24)19-13)11-5-3-4-10(8-11)16(22)23/h3-5,8-9H,6-7H2,1-2H3,(H,22,23). The first-order valence-corrected chi connectivity index (χ1v) is 8.72. The summed E-state index contributed by atoms with van der Waals surface area (Å²) in [7, 11) is 3.68. The van der Waals surface area contributed by atoms with Crippen molar-refractivity contribution in [3.8, 4) is 5.69 Å². The summed E-state index contributed by atoms with van der Waals surface area (Å²) in [6.45, 7) is 0. The lowest BCUT2D eigenvalue weighted by molar-refractivity contribution is 0.0697. The van der Waals surface area contributed by atoms with Crippen molar-refractivity contribution in [2.45, 2.75) is 18.8 Å². The Morgan fingerprint density at radius 1 is 1.32 bits per heavy atom. The van der Waals surface area contributed by atoms with Crippen LogP contribution in [0.1, 0.15) is 34.1 Å². The molecular weight excluding hydrogens is 340 g/mol.